The number of benzene rings is 3. The molecule has 4 aromatic rings. The molecule has 3 aliphatic heterocycles. The minimum Gasteiger partial charge on any atom is -0.508 e. The van der Waals surface area contributed by atoms with Crippen molar-refractivity contribution in [3.05, 3.63) is 111 Å². The molecule has 3 aromatic carbocycles. The Kier molecular flexibility index (Phi) is 12.4. The van der Waals surface area contributed by atoms with Gasteiger partial charge < -0.3 is 59.2 Å². The predicted molar refractivity (Wildman–Crippen MR) is 216 cm³/mol. The molecule has 0 aliphatic carbocycles. The highest BCUT2D eigenvalue weighted by atomic mass is 16.8. The van der Waals surface area contributed by atoms with Gasteiger partial charge in [-0.3, -0.25) is 19.9 Å². The van der Waals surface area contributed by atoms with Crippen molar-refractivity contribution in [3.8, 4) is 22.6 Å². The lowest BCUT2D eigenvalue weighted by molar-refractivity contribution is -0.396. The molecular formula is C43H43N3O16. The number of carbonyl (C=O) groups excluding carboxylic acids is 2. The van der Waals surface area contributed by atoms with E-state index < -0.39 is 72.6 Å². The fourth-order valence-corrected chi connectivity index (χ4v) is 7.53. The van der Waals surface area contributed by atoms with Crippen LogP contribution in [0.1, 0.15) is 23.1 Å². The van der Waals surface area contributed by atoms with Crippen LogP contribution in [-0.4, -0.2) is 134 Å². The minimum atomic E-state index is -3.33. The van der Waals surface area contributed by atoms with Gasteiger partial charge in [-0.25, -0.2) is 14.7 Å². The Morgan fingerprint density at radius 2 is 1.81 bits per heavy atom. The topological polar surface area (TPSA) is 288 Å². The Morgan fingerprint density at radius 1 is 1.08 bits per heavy atom. The fraction of sp³-hybridized carbons (Fsp3) is 0.326. The van der Waals surface area contributed by atoms with Crippen molar-refractivity contribution in [1.29, 1.82) is 0 Å². The Balaban J connectivity index is 1.28. The van der Waals surface area contributed by atoms with Gasteiger partial charge in [-0.05, 0) is 61.9 Å². The number of hydrogen-bond donors (Lipinski definition) is 8. The number of aliphatic carboxylic acids is 1. The van der Waals surface area contributed by atoms with Crippen molar-refractivity contribution in [2.75, 3.05) is 26.3 Å². The molecule has 62 heavy (non-hydrogen) atoms. The van der Waals surface area contributed by atoms with Crippen molar-refractivity contribution >= 4 is 41.1 Å². The second-order valence-corrected chi connectivity index (χ2v) is 15.0. The van der Waals surface area contributed by atoms with Crippen LogP contribution in [0.3, 0.4) is 0 Å². The number of ether oxygens (including phenoxy) is 3. The molecule has 7 atom stereocenters. The summed E-state index contributed by atoms with van der Waals surface area (Å²) in [5.74, 6) is -6.91. The summed E-state index contributed by atoms with van der Waals surface area (Å²) in [4.78, 5) is 60.5. The number of aromatic hydroxyl groups is 1. The van der Waals surface area contributed by atoms with Gasteiger partial charge in [0.25, 0.3) is 5.79 Å². The number of carbonyl (C=O) groups is 3. The number of aliphatic imine (C=N–C) groups is 1. The van der Waals surface area contributed by atoms with Crippen LogP contribution >= 0.6 is 0 Å². The third-order valence-corrected chi connectivity index (χ3v) is 10.6. The molecule has 0 bridgehead atoms. The molecular weight excluding hydrogens is 814 g/mol. The van der Waals surface area contributed by atoms with Gasteiger partial charge in [0.2, 0.25) is 12.3 Å². The normalized spacial score (nSPS) is 23.5. The molecule has 0 amide bonds. The SMILES string of the molecule is Cc1cc(C)cc(C2=C3N=CC=C3CN2O[C@@H]2[C@@H](Oc3ccc4c(=O)c(-c5ccc(O)cc5)coc4c3)O[C@@H]([C@@](O)(CO)OC(=O)[C@H](NCCC=O)C(=O)O)[C@H](O)[C@]2(O)CO)c1. The lowest BCUT2D eigenvalue weighted by Gasteiger charge is -2.52. The standard InChI is InChI=1S/C43H43N3O16/c1-22-14-23(2)16-26(15-22)34-32-25(10-12-45-32)18-46(34)62-38-41(59-28-8-9-29-31(17-28)58-19-30(35(29)51)24-4-6-27(50)7-5-24)60-37(36(52)42(38,56)20-48)43(57,21-49)61-40(55)33(39(53)54)44-11-3-13-47/h4-10,12-17,19,33,36-38,41,44,48-50,52,56-57H,3,11,18,20-21H2,1-2H3,(H,53,54)/t33-,36+,37-,38-,41+,42-,43-/m1/s1. The average Bonchev–Trinajstić information content (AvgIpc) is 3.83. The number of esters is 1. The van der Waals surface area contributed by atoms with Gasteiger partial charge in [0.1, 0.15) is 42.3 Å². The Labute approximate surface area is 351 Å². The molecule has 8 N–H and O–H groups in total. The molecule has 4 heterocycles. The number of fused-ring (bicyclic) bond motifs is 2. The first kappa shape index (κ1) is 43.8. The van der Waals surface area contributed by atoms with Crippen LogP contribution in [0.4, 0.5) is 0 Å². The molecule has 0 spiro atoms. The van der Waals surface area contributed by atoms with E-state index in [2.05, 4.69) is 10.3 Å². The molecule has 0 unspecified atom stereocenters. The van der Waals surface area contributed by atoms with Gasteiger partial charge in [0, 0.05) is 36.4 Å². The van der Waals surface area contributed by atoms with Crippen molar-refractivity contribution < 1.29 is 73.6 Å². The number of hydroxylamine groups is 2. The van der Waals surface area contributed by atoms with Crippen LogP contribution in [0.2, 0.25) is 0 Å². The third kappa shape index (κ3) is 8.35. The van der Waals surface area contributed by atoms with Crippen LogP contribution in [-0.2, 0) is 28.7 Å². The van der Waals surface area contributed by atoms with E-state index in [9.17, 15) is 54.9 Å². The Bertz CT molecular complexity index is 2520. The quantitative estimate of drug-likeness (QED) is 0.0254. The first-order chi connectivity index (χ1) is 29.6. The summed E-state index contributed by atoms with van der Waals surface area (Å²) >= 11 is 0. The lowest BCUT2D eigenvalue weighted by Crippen LogP contribution is -2.75. The van der Waals surface area contributed by atoms with Crippen LogP contribution in [0.5, 0.6) is 11.5 Å². The van der Waals surface area contributed by atoms with E-state index in [1.165, 1.54) is 53.8 Å². The van der Waals surface area contributed by atoms with E-state index in [0.29, 0.717) is 34.4 Å². The number of nitrogens with one attached hydrogen (secondary N) is 1. The van der Waals surface area contributed by atoms with Gasteiger partial charge in [-0.2, -0.15) is 0 Å². The molecule has 19 heteroatoms. The number of carboxylic acids is 1. The fourth-order valence-electron chi connectivity index (χ4n) is 7.53. The second kappa shape index (κ2) is 17.6. The van der Waals surface area contributed by atoms with E-state index in [1.54, 1.807) is 12.3 Å². The summed E-state index contributed by atoms with van der Waals surface area (Å²) in [7, 11) is 0. The van der Waals surface area contributed by atoms with E-state index in [4.69, 9.17) is 23.5 Å². The number of nitrogens with zero attached hydrogens (tertiary/aromatic N) is 2. The van der Waals surface area contributed by atoms with Crippen molar-refractivity contribution in [2.45, 2.75) is 62.3 Å². The van der Waals surface area contributed by atoms with Crippen LogP contribution in [0, 0.1) is 13.8 Å². The first-order valence-corrected chi connectivity index (χ1v) is 19.3. The Hall–Kier alpha value is -6.29. The number of aliphatic hydroxyl groups is 5. The number of phenols is 1. The summed E-state index contributed by atoms with van der Waals surface area (Å²) in [5, 5.41) is 80.3. The lowest BCUT2D eigenvalue weighted by atomic mass is 9.81. The maximum absolute atomic E-state index is 13.6. The minimum absolute atomic E-state index is 0.00441. The van der Waals surface area contributed by atoms with Gasteiger partial charge in [-0.15, -0.1) is 0 Å². The maximum atomic E-state index is 13.6. The molecule has 0 saturated carbocycles. The third-order valence-electron chi connectivity index (χ3n) is 10.6. The number of aliphatic hydroxyl groups excluding tert-OH is 3. The Morgan fingerprint density at radius 3 is 2.47 bits per heavy atom. The highest BCUT2D eigenvalue weighted by molar-refractivity contribution is 5.98. The smallest absolute Gasteiger partial charge is 0.337 e. The molecule has 1 aromatic heterocycles. The summed E-state index contributed by atoms with van der Waals surface area (Å²) in [6, 6.07) is 13.4. The van der Waals surface area contributed by atoms with Crippen LogP contribution < -0.4 is 15.5 Å². The van der Waals surface area contributed by atoms with Crippen LogP contribution in [0.25, 0.3) is 27.8 Å². The monoisotopic (exact) mass is 857 g/mol. The number of rotatable bonds is 16. The highest BCUT2D eigenvalue weighted by Crippen LogP contribution is 2.43. The van der Waals surface area contributed by atoms with Gasteiger partial charge in [-0.1, -0.05) is 29.3 Å². The second-order valence-electron chi connectivity index (χ2n) is 15.0. The maximum Gasteiger partial charge on any atom is 0.337 e. The van der Waals surface area contributed by atoms with Gasteiger partial charge >= 0.3 is 11.9 Å². The number of hydrogen-bond acceptors (Lipinski definition) is 18. The highest BCUT2D eigenvalue weighted by Gasteiger charge is 2.64. The zero-order valence-corrected chi connectivity index (χ0v) is 33.2. The van der Waals surface area contributed by atoms with E-state index in [0.717, 1.165) is 11.1 Å². The van der Waals surface area contributed by atoms with Gasteiger partial charge in [0.15, 0.2) is 23.2 Å². The van der Waals surface area contributed by atoms with E-state index >= 15 is 0 Å². The molecule has 1 saturated heterocycles. The van der Waals surface area contributed by atoms with E-state index in [1.807, 2.05) is 32.0 Å². The van der Waals surface area contributed by atoms with E-state index in [-0.39, 0.29) is 47.5 Å². The predicted octanol–water partition coefficient (Wildman–Crippen LogP) is 0.822. The zero-order valence-electron chi connectivity index (χ0n) is 33.2. The molecule has 19 nitrogen and oxygen atoms in total. The summed E-state index contributed by atoms with van der Waals surface area (Å²) in [5.41, 5.74) is 1.48. The number of phenolic OH excluding ortho intramolecular Hbond substituents is 1. The van der Waals surface area contributed by atoms with Crippen LogP contribution in [0.15, 0.2) is 98.5 Å². The van der Waals surface area contributed by atoms with Crippen molar-refractivity contribution in [2.24, 2.45) is 4.99 Å². The molecule has 0 radical (unpaired) electrons. The number of aryl methyl sites for hydroxylation is 2. The molecule has 3 aliphatic rings. The summed E-state index contributed by atoms with van der Waals surface area (Å²) in [6.45, 7) is 0.662. The van der Waals surface area contributed by atoms with Crippen molar-refractivity contribution in [1.82, 2.24) is 10.4 Å². The van der Waals surface area contributed by atoms with Crippen molar-refractivity contribution in [3.63, 3.8) is 0 Å². The summed E-state index contributed by atoms with van der Waals surface area (Å²) in [6.07, 6.45) is -3.97. The molecule has 326 valence electrons. The number of allylic oxidation sites excluding steroid dienone is 1. The summed E-state index contributed by atoms with van der Waals surface area (Å²) < 4.78 is 23.2. The average molecular weight is 858 g/mol. The van der Waals surface area contributed by atoms with Gasteiger partial charge in [0.05, 0.1) is 35.5 Å². The number of aldehydes is 1. The molecule has 1 fully saturated rings. The molecule has 7 rings (SSSR count). The first-order valence-electron chi connectivity index (χ1n) is 19.3. The zero-order chi connectivity index (χ0) is 44.5. The number of carboxylic acid groups (broad SMARTS) is 1. The largest absolute Gasteiger partial charge is 0.508 e.